The van der Waals surface area contributed by atoms with Gasteiger partial charge in [0.05, 0.1) is 11.4 Å². The van der Waals surface area contributed by atoms with Crippen LogP contribution in [0.5, 0.6) is 0 Å². The van der Waals surface area contributed by atoms with Gasteiger partial charge in [-0.05, 0) is 63.3 Å². The van der Waals surface area contributed by atoms with Crippen LogP contribution >= 0.6 is 0 Å². The van der Waals surface area contributed by atoms with Crippen molar-refractivity contribution in [2.45, 2.75) is 0 Å². The van der Waals surface area contributed by atoms with Gasteiger partial charge in [0, 0.05) is 32.6 Å². The molecule has 0 radical (unpaired) electrons. The summed E-state index contributed by atoms with van der Waals surface area (Å²) < 4.78 is 6.45. The van der Waals surface area contributed by atoms with E-state index >= 15 is 0 Å². The van der Waals surface area contributed by atoms with Crippen LogP contribution in [0.15, 0.2) is 156 Å². The van der Waals surface area contributed by atoms with Crippen molar-refractivity contribution < 1.29 is 4.42 Å². The van der Waals surface area contributed by atoms with Gasteiger partial charge in [-0.25, -0.2) is 0 Å². The number of fused-ring (bicyclic) bond motifs is 10. The highest BCUT2D eigenvalue weighted by atomic mass is 16.3. The number of hydrogen-bond acceptors (Lipinski definition) is 2. The van der Waals surface area contributed by atoms with Crippen molar-refractivity contribution in [3.8, 4) is 0 Å². The van der Waals surface area contributed by atoms with Gasteiger partial charge < -0.3 is 9.32 Å². The van der Waals surface area contributed by atoms with Crippen LogP contribution < -0.4 is 4.90 Å². The third kappa shape index (κ3) is 3.33. The maximum atomic E-state index is 6.45. The maximum Gasteiger partial charge on any atom is 0.143 e. The second kappa shape index (κ2) is 8.95. The molecule has 0 saturated carbocycles. The number of furan rings is 1. The largest absolute Gasteiger partial charge is 0.455 e. The summed E-state index contributed by atoms with van der Waals surface area (Å²) >= 11 is 0. The summed E-state index contributed by atoms with van der Waals surface area (Å²) in [6.45, 7) is 0. The molecule has 2 nitrogen and oxygen atoms in total. The van der Waals surface area contributed by atoms with Crippen LogP contribution in [0.25, 0.3) is 65.0 Å². The lowest BCUT2D eigenvalue weighted by molar-refractivity contribution is 0.672. The fourth-order valence-electron chi connectivity index (χ4n) is 6.74. The Labute approximate surface area is 242 Å². The van der Waals surface area contributed by atoms with E-state index in [-0.39, 0.29) is 0 Å². The summed E-state index contributed by atoms with van der Waals surface area (Å²) in [7, 11) is 0. The Morgan fingerprint density at radius 1 is 0.333 bits per heavy atom. The topological polar surface area (TPSA) is 16.4 Å². The molecule has 0 aliphatic heterocycles. The van der Waals surface area contributed by atoms with E-state index in [9.17, 15) is 0 Å². The molecule has 42 heavy (non-hydrogen) atoms. The van der Waals surface area contributed by atoms with Gasteiger partial charge in [0.1, 0.15) is 11.2 Å². The smallest absolute Gasteiger partial charge is 0.143 e. The number of hydrogen-bond donors (Lipinski definition) is 0. The molecule has 8 aromatic carbocycles. The normalized spacial score (nSPS) is 11.8. The molecule has 0 N–H and O–H groups in total. The number of rotatable bonds is 3. The van der Waals surface area contributed by atoms with Crippen LogP contribution in [0.4, 0.5) is 17.1 Å². The van der Waals surface area contributed by atoms with E-state index in [1.165, 1.54) is 32.3 Å². The van der Waals surface area contributed by atoms with E-state index in [4.69, 9.17) is 4.42 Å². The third-order valence-corrected chi connectivity index (χ3v) is 8.64. The standard InChI is InChI=1S/C40H25NO/c1-2-11-27(12-3-1)41(38-18-9-16-35-33(38)24-25-36-34-14-6-7-19-39(34)42-40(35)36)37-17-8-15-29-31-21-20-26-10-4-5-13-28(26)30(31)22-23-32(29)37/h1-25H. The van der Waals surface area contributed by atoms with E-state index in [0.717, 1.165) is 49.8 Å². The summed E-state index contributed by atoms with van der Waals surface area (Å²) in [5.74, 6) is 0. The van der Waals surface area contributed by atoms with Gasteiger partial charge in [-0.1, -0.05) is 115 Å². The van der Waals surface area contributed by atoms with Crippen LogP contribution in [0.3, 0.4) is 0 Å². The second-order valence-corrected chi connectivity index (χ2v) is 10.9. The summed E-state index contributed by atoms with van der Waals surface area (Å²) in [6, 6.07) is 54.3. The molecule has 0 unspecified atom stereocenters. The van der Waals surface area contributed by atoms with E-state index in [2.05, 4.69) is 144 Å². The average molecular weight is 536 g/mol. The fraction of sp³-hybridized carbons (Fsp3) is 0. The minimum Gasteiger partial charge on any atom is -0.455 e. The summed E-state index contributed by atoms with van der Waals surface area (Å²) in [4.78, 5) is 2.39. The molecule has 0 amide bonds. The van der Waals surface area contributed by atoms with E-state index < -0.39 is 0 Å². The van der Waals surface area contributed by atoms with Crippen LogP contribution in [0, 0.1) is 0 Å². The first-order valence-corrected chi connectivity index (χ1v) is 14.4. The monoisotopic (exact) mass is 535 g/mol. The van der Waals surface area contributed by atoms with Crippen molar-refractivity contribution in [3.63, 3.8) is 0 Å². The first-order chi connectivity index (χ1) is 20.8. The van der Waals surface area contributed by atoms with Crippen molar-refractivity contribution in [1.29, 1.82) is 0 Å². The molecule has 196 valence electrons. The Balaban J connectivity index is 1.35. The number of benzene rings is 8. The van der Waals surface area contributed by atoms with Crippen molar-refractivity contribution in [3.05, 3.63) is 152 Å². The zero-order valence-corrected chi connectivity index (χ0v) is 22.8. The number of nitrogens with zero attached hydrogens (tertiary/aromatic N) is 1. The Bertz CT molecular complexity index is 2470. The summed E-state index contributed by atoms with van der Waals surface area (Å²) in [5.41, 5.74) is 5.22. The quantitative estimate of drug-likeness (QED) is 0.209. The van der Waals surface area contributed by atoms with Gasteiger partial charge in [-0.15, -0.1) is 0 Å². The number of anilines is 3. The summed E-state index contributed by atoms with van der Waals surface area (Å²) in [5, 5.41) is 12.1. The van der Waals surface area contributed by atoms with Crippen LogP contribution in [-0.4, -0.2) is 0 Å². The van der Waals surface area contributed by atoms with Crippen LogP contribution in [0.1, 0.15) is 0 Å². The first kappa shape index (κ1) is 23.1. The molecule has 0 spiro atoms. The van der Waals surface area contributed by atoms with Crippen LogP contribution in [0.2, 0.25) is 0 Å². The highest BCUT2D eigenvalue weighted by Gasteiger charge is 2.20. The van der Waals surface area contributed by atoms with Gasteiger partial charge in [0.2, 0.25) is 0 Å². The second-order valence-electron chi connectivity index (χ2n) is 10.9. The predicted octanol–water partition coefficient (Wildman–Crippen LogP) is 11.7. The molecular formula is C40H25NO. The minimum atomic E-state index is 0.916. The van der Waals surface area contributed by atoms with Gasteiger partial charge in [0.25, 0.3) is 0 Å². The zero-order chi connectivity index (χ0) is 27.6. The summed E-state index contributed by atoms with van der Waals surface area (Å²) in [6.07, 6.45) is 0. The molecule has 0 atom stereocenters. The molecule has 0 aliphatic carbocycles. The average Bonchev–Trinajstić information content (AvgIpc) is 3.45. The van der Waals surface area contributed by atoms with Gasteiger partial charge in [0.15, 0.2) is 0 Å². The molecule has 0 bridgehead atoms. The van der Waals surface area contributed by atoms with Gasteiger partial charge >= 0.3 is 0 Å². The van der Waals surface area contributed by atoms with Crippen molar-refractivity contribution in [2.24, 2.45) is 0 Å². The van der Waals surface area contributed by atoms with E-state index in [0.29, 0.717) is 0 Å². The first-order valence-electron chi connectivity index (χ1n) is 14.4. The fourth-order valence-corrected chi connectivity index (χ4v) is 6.74. The van der Waals surface area contributed by atoms with Crippen molar-refractivity contribution >= 4 is 82.1 Å². The molecule has 1 heterocycles. The van der Waals surface area contributed by atoms with Gasteiger partial charge in [-0.2, -0.15) is 0 Å². The lowest BCUT2D eigenvalue weighted by atomic mass is 9.95. The molecule has 1 aromatic heterocycles. The predicted molar refractivity (Wildman–Crippen MR) is 178 cm³/mol. The van der Waals surface area contributed by atoms with Crippen LogP contribution in [-0.2, 0) is 0 Å². The molecular weight excluding hydrogens is 510 g/mol. The van der Waals surface area contributed by atoms with Gasteiger partial charge in [-0.3, -0.25) is 0 Å². The maximum absolute atomic E-state index is 6.45. The highest BCUT2D eigenvalue weighted by Crippen LogP contribution is 2.45. The SMILES string of the molecule is c1ccc(N(c2cccc3c2ccc2c4ccccc4ccc32)c2cccc3c2ccc2c4ccccc4oc32)cc1. The molecule has 9 aromatic rings. The van der Waals surface area contributed by atoms with E-state index in [1.807, 2.05) is 12.1 Å². The zero-order valence-electron chi connectivity index (χ0n) is 22.8. The number of para-hydroxylation sites is 2. The van der Waals surface area contributed by atoms with E-state index in [1.54, 1.807) is 0 Å². The molecule has 2 heteroatoms. The third-order valence-electron chi connectivity index (χ3n) is 8.64. The Morgan fingerprint density at radius 2 is 0.857 bits per heavy atom. The Kier molecular flexibility index (Phi) is 4.93. The Hall–Kier alpha value is -5.60. The van der Waals surface area contributed by atoms with Crippen molar-refractivity contribution in [2.75, 3.05) is 4.90 Å². The molecule has 9 rings (SSSR count). The molecule has 0 saturated heterocycles. The minimum absolute atomic E-state index is 0.916. The highest BCUT2D eigenvalue weighted by molar-refractivity contribution is 6.21. The molecule has 0 aliphatic rings. The lowest BCUT2D eigenvalue weighted by Gasteiger charge is -2.28. The molecule has 0 fully saturated rings. The lowest BCUT2D eigenvalue weighted by Crippen LogP contribution is -2.11. The Morgan fingerprint density at radius 3 is 1.69 bits per heavy atom. The van der Waals surface area contributed by atoms with Crippen molar-refractivity contribution in [1.82, 2.24) is 0 Å².